The Kier molecular flexibility index (Phi) is 6.82. The SMILES string of the molecule is [13CH3][13C@H](O)[13C](=O)[O-].[Na+]. The van der Waals surface area contributed by atoms with Gasteiger partial charge in [0.15, 0.2) is 0 Å². The molecule has 36 valence electrons. The molecule has 4 heteroatoms. The van der Waals surface area contributed by atoms with E-state index in [1.807, 2.05) is 0 Å². The zero-order valence-electron chi connectivity index (χ0n) is 4.34. The zero-order chi connectivity index (χ0) is 5.15. The summed E-state index contributed by atoms with van der Waals surface area (Å²) in [5.41, 5.74) is 0. The Morgan fingerprint density at radius 2 is 2.00 bits per heavy atom. The monoisotopic (exact) mass is 115 g/mol. The van der Waals surface area contributed by atoms with Gasteiger partial charge in [-0.15, -0.1) is 0 Å². The third-order valence-corrected chi connectivity index (χ3v) is 0.341. The summed E-state index contributed by atoms with van der Waals surface area (Å²) in [6.07, 6.45) is -1.34. The van der Waals surface area contributed by atoms with Crippen LogP contribution in [0.2, 0.25) is 0 Å². The van der Waals surface area contributed by atoms with Crippen LogP contribution in [0.25, 0.3) is 0 Å². The Labute approximate surface area is 63.6 Å². The average Bonchev–Trinajstić information content (AvgIpc) is 1.36. The topological polar surface area (TPSA) is 60.4 Å². The molecule has 0 aromatic heterocycles. The molecule has 0 spiro atoms. The first-order valence-electron chi connectivity index (χ1n) is 1.53. The first-order chi connectivity index (χ1) is 2.64. The van der Waals surface area contributed by atoms with Crippen molar-refractivity contribution in [3.63, 3.8) is 0 Å². The Bertz CT molecular complexity index is 61.2. The number of carbonyl (C=O) groups is 1. The number of rotatable bonds is 1. The van der Waals surface area contributed by atoms with Crippen molar-refractivity contribution in [2.75, 3.05) is 0 Å². The molecule has 0 saturated carbocycles. The van der Waals surface area contributed by atoms with Crippen molar-refractivity contribution < 1.29 is 44.6 Å². The Balaban J connectivity index is 0. The molecule has 0 saturated heterocycles. The maximum absolute atomic E-state index is 9.34. The second kappa shape index (κ2) is 4.59. The van der Waals surface area contributed by atoms with Gasteiger partial charge in [0, 0.05) is 0 Å². The molecule has 0 aliphatic heterocycles. The van der Waals surface area contributed by atoms with Crippen LogP contribution in [0.4, 0.5) is 0 Å². The number of hydrogen-bond acceptors (Lipinski definition) is 3. The van der Waals surface area contributed by atoms with Gasteiger partial charge in [-0.05, 0) is 6.92 Å². The maximum Gasteiger partial charge on any atom is 1.00 e. The fraction of sp³-hybridized carbons (Fsp3) is 0.667. The summed E-state index contributed by atoms with van der Waals surface area (Å²) in [5, 5.41) is 17.3. The standard InChI is InChI=1S/C3H6O3.Na/c1-2(4)3(5)6;/h2,4H,1H3,(H,5,6);/q;+1/p-1/t2-;/m0./s1/i1+1,2+1,3+1;. The molecule has 0 aromatic carbocycles. The molecule has 0 fully saturated rings. The predicted molar refractivity (Wildman–Crippen MR) is 16.7 cm³/mol. The van der Waals surface area contributed by atoms with Gasteiger partial charge in [0.05, 0.1) is 12.1 Å². The van der Waals surface area contributed by atoms with Gasteiger partial charge in [-0.3, -0.25) is 0 Å². The molecule has 1 N–H and O–H groups in total. The molecule has 0 rings (SSSR count). The van der Waals surface area contributed by atoms with Crippen LogP contribution in [0.5, 0.6) is 0 Å². The van der Waals surface area contributed by atoms with E-state index >= 15 is 0 Å². The molecule has 0 bridgehead atoms. The van der Waals surface area contributed by atoms with Crippen LogP contribution in [-0.4, -0.2) is 17.2 Å². The van der Waals surface area contributed by atoms with Crippen LogP contribution >= 0.6 is 0 Å². The smallest absolute Gasteiger partial charge is 0.547 e. The molecule has 0 aliphatic carbocycles. The van der Waals surface area contributed by atoms with E-state index in [0.717, 1.165) is 6.92 Å². The minimum absolute atomic E-state index is 0. The van der Waals surface area contributed by atoms with E-state index in [-0.39, 0.29) is 29.6 Å². The average molecular weight is 115 g/mol. The predicted octanol–water partition coefficient (Wildman–Crippen LogP) is -4.88. The number of aliphatic hydroxyl groups is 1. The van der Waals surface area contributed by atoms with Crippen LogP contribution < -0.4 is 34.7 Å². The third-order valence-electron chi connectivity index (χ3n) is 0.341. The Morgan fingerprint density at radius 3 is 2.00 bits per heavy atom. The molecule has 1 atom stereocenters. The molecule has 0 aromatic rings. The summed E-state index contributed by atoms with van der Waals surface area (Å²) >= 11 is 0. The second-order valence-corrected chi connectivity index (χ2v) is 0.995. The van der Waals surface area contributed by atoms with Gasteiger partial charge < -0.3 is 15.0 Å². The number of aliphatic hydroxyl groups excluding tert-OH is 1. The van der Waals surface area contributed by atoms with Crippen LogP contribution in [0.1, 0.15) is 6.92 Å². The van der Waals surface area contributed by atoms with Gasteiger partial charge in [-0.1, -0.05) is 0 Å². The number of aliphatic carboxylic acids is 1. The van der Waals surface area contributed by atoms with E-state index in [9.17, 15) is 9.90 Å². The van der Waals surface area contributed by atoms with E-state index in [1.165, 1.54) is 0 Å². The molecular formula is C3H5NaO3. The fourth-order valence-electron chi connectivity index (χ4n) is 0. The molecular weight excluding hydrogens is 110 g/mol. The molecule has 0 heterocycles. The minimum atomic E-state index is -1.44. The minimum Gasteiger partial charge on any atom is -0.547 e. The van der Waals surface area contributed by atoms with Gasteiger partial charge in [0.2, 0.25) is 0 Å². The Morgan fingerprint density at radius 1 is 1.86 bits per heavy atom. The first-order valence-corrected chi connectivity index (χ1v) is 1.53. The fourth-order valence-corrected chi connectivity index (χ4v) is 0. The Hall–Kier alpha value is 0.430. The van der Waals surface area contributed by atoms with Crippen LogP contribution in [-0.2, 0) is 4.79 Å². The van der Waals surface area contributed by atoms with E-state index in [1.54, 1.807) is 0 Å². The normalized spacial score (nSPS) is 11.7. The molecule has 0 radical (unpaired) electrons. The van der Waals surface area contributed by atoms with Crippen LogP contribution in [0.15, 0.2) is 0 Å². The van der Waals surface area contributed by atoms with Crippen molar-refractivity contribution in [2.24, 2.45) is 0 Å². The summed E-state index contributed by atoms with van der Waals surface area (Å²) < 4.78 is 0. The maximum atomic E-state index is 9.34. The van der Waals surface area contributed by atoms with E-state index in [0.29, 0.717) is 0 Å². The van der Waals surface area contributed by atoms with Gasteiger partial charge in [-0.25, -0.2) is 0 Å². The van der Waals surface area contributed by atoms with Crippen molar-refractivity contribution >= 4 is 5.97 Å². The van der Waals surface area contributed by atoms with Gasteiger partial charge in [0.1, 0.15) is 0 Å². The van der Waals surface area contributed by atoms with Crippen molar-refractivity contribution in [3.8, 4) is 0 Å². The van der Waals surface area contributed by atoms with Gasteiger partial charge in [-0.2, -0.15) is 0 Å². The largest absolute Gasteiger partial charge is 1.00 e. The number of carbonyl (C=O) groups excluding carboxylic acids is 1. The van der Waals surface area contributed by atoms with E-state index in [2.05, 4.69) is 0 Å². The summed E-state index contributed by atoms with van der Waals surface area (Å²) in [6, 6.07) is 0. The van der Waals surface area contributed by atoms with Crippen LogP contribution in [0, 0.1) is 0 Å². The van der Waals surface area contributed by atoms with Crippen molar-refractivity contribution in [3.05, 3.63) is 0 Å². The third kappa shape index (κ3) is 6.43. The molecule has 0 aliphatic rings. The number of carboxylic acid groups (broad SMARTS) is 1. The molecule has 0 amide bonds. The quantitative estimate of drug-likeness (QED) is 0.275. The zero-order valence-corrected chi connectivity index (χ0v) is 6.34. The molecule has 7 heavy (non-hydrogen) atoms. The van der Waals surface area contributed by atoms with Crippen molar-refractivity contribution in [1.82, 2.24) is 0 Å². The summed E-state index contributed by atoms with van der Waals surface area (Å²) in [5.74, 6) is -1.44. The van der Waals surface area contributed by atoms with Gasteiger partial charge >= 0.3 is 29.6 Å². The summed E-state index contributed by atoms with van der Waals surface area (Å²) in [7, 11) is 0. The first kappa shape index (κ1) is 10.4. The summed E-state index contributed by atoms with van der Waals surface area (Å²) in [6.45, 7) is 1.13. The van der Waals surface area contributed by atoms with Crippen molar-refractivity contribution in [1.29, 1.82) is 0 Å². The van der Waals surface area contributed by atoms with E-state index in [4.69, 9.17) is 5.11 Å². The van der Waals surface area contributed by atoms with E-state index < -0.39 is 12.1 Å². The number of carboxylic acids is 1. The van der Waals surface area contributed by atoms with Crippen molar-refractivity contribution in [2.45, 2.75) is 13.0 Å². The second-order valence-electron chi connectivity index (χ2n) is 0.995. The van der Waals surface area contributed by atoms with Crippen LogP contribution in [0.3, 0.4) is 0 Å². The molecule has 0 unspecified atom stereocenters. The number of hydrogen-bond donors (Lipinski definition) is 1. The summed E-state index contributed by atoms with van der Waals surface area (Å²) in [4.78, 5) is 9.34. The molecule has 3 nitrogen and oxygen atoms in total. The van der Waals surface area contributed by atoms with Gasteiger partial charge in [0.25, 0.3) is 0 Å².